The van der Waals surface area contributed by atoms with E-state index in [2.05, 4.69) is 15.3 Å². The molecule has 0 saturated carbocycles. The monoisotopic (exact) mass is 279 g/mol. The van der Waals surface area contributed by atoms with Gasteiger partial charge < -0.3 is 10.4 Å². The van der Waals surface area contributed by atoms with Crippen molar-refractivity contribution in [2.45, 2.75) is 6.92 Å². The summed E-state index contributed by atoms with van der Waals surface area (Å²) in [7, 11) is 0. The van der Waals surface area contributed by atoms with E-state index in [1.807, 2.05) is 18.2 Å². The normalized spacial score (nSPS) is 10.5. The van der Waals surface area contributed by atoms with Crippen molar-refractivity contribution in [3.05, 3.63) is 59.9 Å². The number of hydrogen-bond donors (Lipinski definition) is 2. The number of carbonyl (C=O) groups excluding carboxylic acids is 1. The van der Waals surface area contributed by atoms with Crippen LogP contribution in [-0.4, -0.2) is 21.0 Å². The van der Waals surface area contributed by atoms with Gasteiger partial charge in [-0.2, -0.15) is 0 Å². The van der Waals surface area contributed by atoms with Crippen LogP contribution in [0.2, 0.25) is 0 Å². The van der Waals surface area contributed by atoms with Gasteiger partial charge in [0.1, 0.15) is 11.4 Å². The number of hydrogen-bond acceptors (Lipinski definition) is 4. The highest BCUT2D eigenvalue weighted by Crippen LogP contribution is 2.21. The Kier molecular flexibility index (Phi) is 3.23. The van der Waals surface area contributed by atoms with Gasteiger partial charge in [0.15, 0.2) is 0 Å². The van der Waals surface area contributed by atoms with E-state index < -0.39 is 0 Å². The molecule has 0 saturated heterocycles. The molecule has 5 nitrogen and oxygen atoms in total. The maximum atomic E-state index is 12.2. The lowest BCUT2D eigenvalue weighted by Gasteiger charge is -2.07. The molecule has 1 amide bonds. The number of aromatic nitrogens is 2. The van der Waals surface area contributed by atoms with E-state index in [0.717, 1.165) is 11.1 Å². The third-order valence-electron chi connectivity index (χ3n) is 3.15. The molecule has 0 bridgehead atoms. The summed E-state index contributed by atoms with van der Waals surface area (Å²) in [6.45, 7) is 1.79. The van der Waals surface area contributed by atoms with Crippen LogP contribution < -0.4 is 5.32 Å². The largest absolute Gasteiger partial charge is 0.508 e. The van der Waals surface area contributed by atoms with Crippen molar-refractivity contribution in [1.82, 2.24) is 9.97 Å². The van der Waals surface area contributed by atoms with Crippen molar-refractivity contribution < 1.29 is 9.90 Å². The Bertz CT molecular complexity index is 831. The zero-order chi connectivity index (χ0) is 14.8. The third kappa shape index (κ3) is 2.67. The number of phenols is 1. The number of para-hydroxylation sites is 2. The summed E-state index contributed by atoms with van der Waals surface area (Å²) >= 11 is 0. The van der Waals surface area contributed by atoms with E-state index in [1.165, 1.54) is 12.3 Å². The molecular formula is C16H13N3O2. The summed E-state index contributed by atoms with van der Waals surface area (Å²) in [4.78, 5) is 20.6. The molecule has 5 heteroatoms. The second-order valence-corrected chi connectivity index (χ2v) is 4.70. The lowest BCUT2D eigenvalue weighted by molar-refractivity contribution is 0.102. The molecule has 21 heavy (non-hydrogen) atoms. The van der Waals surface area contributed by atoms with Crippen molar-refractivity contribution >= 4 is 22.6 Å². The van der Waals surface area contributed by atoms with Crippen LogP contribution in [-0.2, 0) is 0 Å². The van der Waals surface area contributed by atoms with E-state index in [0.29, 0.717) is 11.2 Å². The summed E-state index contributed by atoms with van der Waals surface area (Å²) in [6.07, 6.45) is 1.44. The lowest BCUT2D eigenvalue weighted by Crippen LogP contribution is -2.14. The lowest BCUT2D eigenvalue weighted by atomic mass is 10.2. The smallest absolute Gasteiger partial charge is 0.275 e. The number of nitrogens with one attached hydrogen (secondary N) is 1. The fourth-order valence-corrected chi connectivity index (χ4v) is 1.95. The van der Waals surface area contributed by atoms with E-state index in [9.17, 15) is 9.90 Å². The number of fused-ring (bicyclic) bond motifs is 1. The van der Waals surface area contributed by atoms with Gasteiger partial charge in [0.25, 0.3) is 5.91 Å². The fraction of sp³-hybridized carbons (Fsp3) is 0.0625. The summed E-state index contributed by atoms with van der Waals surface area (Å²) in [5.74, 6) is -0.228. The summed E-state index contributed by atoms with van der Waals surface area (Å²) in [6, 6.07) is 12.3. The number of aromatic hydroxyl groups is 1. The molecule has 2 aromatic carbocycles. The van der Waals surface area contributed by atoms with Gasteiger partial charge in [-0.1, -0.05) is 18.2 Å². The number of phenolic OH excluding ortho intramolecular Hbond substituents is 1. The number of benzene rings is 2. The van der Waals surface area contributed by atoms with Gasteiger partial charge >= 0.3 is 0 Å². The van der Waals surface area contributed by atoms with Crippen molar-refractivity contribution in [3.8, 4) is 5.75 Å². The van der Waals surface area contributed by atoms with Gasteiger partial charge in [0.05, 0.1) is 17.2 Å². The van der Waals surface area contributed by atoms with Gasteiger partial charge in [-0.15, -0.1) is 0 Å². The highest BCUT2D eigenvalue weighted by atomic mass is 16.3. The number of anilines is 1. The molecule has 0 aliphatic carbocycles. The van der Waals surface area contributed by atoms with Crippen molar-refractivity contribution in [1.29, 1.82) is 0 Å². The molecule has 0 radical (unpaired) electrons. The molecule has 1 heterocycles. The van der Waals surface area contributed by atoms with Crippen molar-refractivity contribution in [2.75, 3.05) is 5.32 Å². The van der Waals surface area contributed by atoms with Crippen LogP contribution in [0.4, 0.5) is 5.69 Å². The van der Waals surface area contributed by atoms with Crippen molar-refractivity contribution in [3.63, 3.8) is 0 Å². The van der Waals surface area contributed by atoms with E-state index >= 15 is 0 Å². The van der Waals surface area contributed by atoms with Gasteiger partial charge in [-0.25, -0.2) is 4.98 Å². The predicted molar refractivity (Wildman–Crippen MR) is 80.3 cm³/mol. The van der Waals surface area contributed by atoms with Crippen LogP contribution in [0.25, 0.3) is 11.0 Å². The SMILES string of the molecule is Cc1ccc(NC(=O)c2cnc3ccccc3n2)cc1O. The van der Waals surface area contributed by atoms with Crippen LogP contribution in [0.1, 0.15) is 16.1 Å². The number of rotatable bonds is 2. The average molecular weight is 279 g/mol. The third-order valence-corrected chi connectivity index (χ3v) is 3.15. The van der Waals surface area contributed by atoms with Crippen LogP contribution in [0.3, 0.4) is 0 Å². The maximum absolute atomic E-state index is 12.2. The van der Waals surface area contributed by atoms with Crippen molar-refractivity contribution in [2.24, 2.45) is 0 Å². The first-order valence-corrected chi connectivity index (χ1v) is 6.46. The minimum Gasteiger partial charge on any atom is -0.508 e. The molecule has 0 unspecified atom stereocenters. The molecular weight excluding hydrogens is 266 g/mol. The zero-order valence-electron chi connectivity index (χ0n) is 11.4. The topological polar surface area (TPSA) is 75.1 Å². The Hall–Kier alpha value is -2.95. The molecule has 1 aromatic heterocycles. The first-order chi connectivity index (χ1) is 10.1. The van der Waals surface area contributed by atoms with Gasteiger partial charge in [0.2, 0.25) is 0 Å². The molecule has 3 aromatic rings. The molecule has 2 N–H and O–H groups in total. The van der Waals surface area contributed by atoms with Crippen LogP contribution >= 0.6 is 0 Å². The van der Waals surface area contributed by atoms with Crippen LogP contribution in [0.5, 0.6) is 5.75 Å². The molecule has 0 fully saturated rings. The minimum atomic E-state index is -0.364. The summed E-state index contributed by atoms with van der Waals surface area (Å²) in [5.41, 5.74) is 2.89. The molecule has 0 aliphatic rings. The standard InChI is InChI=1S/C16H13N3O2/c1-10-6-7-11(8-15(10)20)18-16(21)14-9-17-12-4-2-3-5-13(12)19-14/h2-9,20H,1H3,(H,18,21). The van der Waals surface area contributed by atoms with E-state index in [1.54, 1.807) is 25.1 Å². The van der Waals surface area contributed by atoms with E-state index in [4.69, 9.17) is 0 Å². The second kappa shape index (κ2) is 5.20. The highest BCUT2D eigenvalue weighted by Gasteiger charge is 2.10. The second-order valence-electron chi connectivity index (χ2n) is 4.70. The Morgan fingerprint density at radius 1 is 1.14 bits per heavy atom. The fourth-order valence-electron chi connectivity index (χ4n) is 1.95. The van der Waals surface area contributed by atoms with Crippen LogP contribution in [0.15, 0.2) is 48.7 Å². The summed E-state index contributed by atoms with van der Waals surface area (Å²) < 4.78 is 0. The Morgan fingerprint density at radius 3 is 2.67 bits per heavy atom. The van der Waals surface area contributed by atoms with Gasteiger partial charge in [-0.05, 0) is 30.7 Å². The quantitative estimate of drug-likeness (QED) is 0.756. The maximum Gasteiger partial charge on any atom is 0.275 e. The molecule has 0 aliphatic heterocycles. The number of nitrogens with zero attached hydrogens (tertiary/aromatic N) is 2. The molecule has 0 spiro atoms. The van der Waals surface area contributed by atoms with Gasteiger partial charge in [-0.3, -0.25) is 9.78 Å². The number of aryl methyl sites for hydroxylation is 1. The Labute approximate surface area is 121 Å². The Balaban J connectivity index is 1.87. The minimum absolute atomic E-state index is 0.136. The predicted octanol–water partition coefficient (Wildman–Crippen LogP) is 2.90. The molecule has 0 atom stereocenters. The Morgan fingerprint density at radius 2 is 1.90 bits per heavy atom. The number of carbonyl (C=O) groups is 1. The molecule has 104 valence electrons. The zero-order valence-corrected chi connectivity index (χ0v) is 11.4. The first-order valence-electron chi connectivity index (χ1n) is 6.46. The summed E-state index contributed by atoms with van der Waals surface area (Å²) in [5, 5.41) is 12.3. The number of amides is 1. The highest BCUT2D eigenvalue weighted by molar-refractivity contribution is 6.03. The van der Waals surface area contributed by atoms with Crippen LogP contribution in [0, 0.1) is 6.92 Å². The first kappa shape index (κ1) is 13.1. The van der Waals surface area contributed by atoms with Gasteiger partial charge in [0, 0.05) is 11.8 Å². The molecule has 3 rings (SSSR count). The average Bonchev–Trinajstić information content (AvgIpc) is 2.50. The van der Waals surface area contributed by atoms with E-state index in [-0.39, 0.29) is 17.4 Å².